The van der Waals surface area contributed by atoms with Crippen LogP contribution in [0.3, 0.4) is 0 Å². The minimum atomic E-state index is -3.93. The number of anilines is 1. The van der Waals surface area contributed by atoms with Crippen molar-refractivity contribution in [1.82, 2.24) is 4.72 Å². The number of aryl methyl sites for hydroxylation is 1. The first-order chi connectivity index (χ1) is 13.4. The minimum Gasteiger partial charge on any atom is -0.307 e. The van der Waals surface area contributed by atoms with Crippen molar-refractivity contribution in [1.29, 1.82) is 0 Å². The molecule has 0 saturated carbocycles. The van der Waals surface area contributed by atoms with Gasteiger partial charge in [0.1, 0.15) is 0 Å². The summed E-state index contributed by atoms with van der Waals surface area (Å²) in [6, 6.07) is 12.2. The van der Waals surface area contributed by atoms with Crippen LogP contribution in [0.25, 0.3) is 0 Å². The van der Waals surface area contributed by atoms with Gasteiger partial charge in [-0.15, -0.1) is 0 Å². The van der Waals surface area contributed by atoms with Crippen LogP contribution >= 0.6 is 11.6 Å². The fraction of sp³-hybridized carbons (Fsp3) is 0.381. The zero-order chi connectivity index (χ0) is 20.4. The molecule has 2 aromatic rings. The number of rotatable bonds is 10. The van der Waals surface area contributed by atoms with E-state index in [9.17, 15) is 13.2 Å². The van der Waals surface area contributed by atoms with Gasteiger partial charge in [0.05, 0.1) is 4.90 Å². The highest BCUT2D eigenvalue weighted by Gasteiger charge is 2.17. The highest BCUT2D eigenvalue weighted by Crippen LogP contribution is 2.15. The second-order valence-electron chi connectivity index (χ2n) is 6.73. The summed E-state index contributed by atoms with van der Waals surface area (Å²) in [5.74, 6) is 0. The summed E-state index contributed by atoms with van der Waals surface area (Å²) < 4.78 is 26.7. The third kappa shape index (κ3) is 7.52. The van der Waals surface area contributed by atoms with Crippen LogP contribution in [0.5, 0.6) is 0 Å². The van der Waals surface area contributed by atoms with Crippen LogP contribution in [0.2, 0.25) is 5.02 Å². The van der Waals surface area contributed by atoms with Gasteiger partial charge in [-0.05, 0) is 54.8 Å². The predicted octanol–water partition coefficient (Wildman–Crippen LogP) is 5.75. The number of halogens is 1. The van der Waals surface area contributed by atoms with Crippen molar-refractivity contribution >= 4 is 33.3 Å². The summed E-state index contributed by atoms with van der Waals surface area (Å²) in [5, 5.41) is 2.99. The van der Waals surface area contributed by atoms with Crippen LogP contribution in [-0.4, -0.2) is 14.4 Å². The zero-order valence-electron chi connectivity index (χ0n) is 16.1. The van der Waals surface area contributed by atoms with Crippen LogP contribution < -0.4 is 10.0 Å². The molecule has 0 atom stereocenters. The van der Waals surface area contributed by atoms with Crippen LogP contribution in [0.1, 0.15) is 51.0 Å². The number of carbonyl (C=O) groups is 1. The average molecular weight is 423 g/mol. The van der Waals surface area contributed by atoms with Crippen molar-refractivity contribution < 1.29 is 13.2 Å². The van der Waals surface area contributed by atoms with E-state index < -0.39 is 16.1 Å². The van der Waals surface area contributed by atoms with Crippen molar-refractivity contribution in [2.45, 2.75) is 56.8 Å². The Morgan fingerprint density at radius 1 is 0.893 bits per heavy atom. The monoisotopic (exact) mass is 422 g/mol. The fourth-order valence-corrected chi connectivity index (χ4v) is 3.85. The molecule has 0 fully saturated rings. The molecular weight excluding hydrogens is 396 g/mol. The van der Waals surface area contributed by atoms with Crippen molar-refractivity contribution in [2.75, 3.05) is 5.32 Å². The number of benzene rings is 2. The van der Waals surface area contributed by atoms with E-state index in [0.29, 0.717) is 10.7 Å². The number of nitrogens with one attached hydrogen (secondary N) is 2. The van der Waals surface area contributed by atoms with Crippen molar-refractivity contribution in [3.05, 3.63) is 59.1 Å². The van der Waals surface area contributed by atoms with E-state index >= 15 is 0 Å². The Hall–Kier alpha value is -2.05. The molecule has 0 radical (unpaired) electrons. The Balaban J connectivity index is 1.85. The number of carbonyl (C=O) groups excluding carboxylic acids is 1. The van der Waals surface area contributed by atoms with Crippen molar-refractivity contribution in [2.24, 2.45) is 0 Å². The fourth-order valence-electron chi connectivity index (χ4n) is 2.82. The Morgan fingerprint density at radius 2 is 1.50 bits per heavy atom. The Bertz CT molecular complexity index is 850. The van der Waals surface area contributed by atoms with Gasteiger partial charge in [-0.25, -0.2) is 17.9 Å². The van der Waals surface area contributed by atoms with Gasteiger partial charge in [-0.3, -0.25) is 0 Å². The summed E-state index contributed by atoms with van der Waals surface area (Å²) in [6.45, 7) is 2.20. The smallest absolute Gasteiger partial charge is 0.307 e. The molecule has 2 rings (SSSR count). The van der Waals surface area contributed by atoms with Gasteiger partial charge in [0.25, 0.3) is 10.0 Å². The van der Waals surface area contributed by atoms with E-state index in [1.807, 2.05) is 4.72 Å². The van der Waals surface area contributed by atoms with Gasteiger partial charge < -0.3 is 5.32 Å². The van der Waals surface area contributed by atoms with Crippen LogP contribution in [0.15, 0.2) is 53.4 Å². The van der Waals surface area contributed by atoms with Gasteiger partial charge in [-0.2, -0.15) is 0 Å². The molecule has 5 nitrogen and oxygen atoms in total. The molecule has 0 bridgehead atoms. The number of unbranched alkanes of at least 4 members (excludes halogenated alkanes) is 5. The number of hydrogen-bond donors (Lipinski definition) is 2. The topological polar surface area (TPSA) is 75.3 Å². The second-order valence-corrected chi connectivity index (χ2v) is 8.85. The first-order valence-electron chi connectivity index (χ1n) is 9.59. The minimum absolute atomic E-state index is 0.0606. The number of sulfonamides is 1. The summed E-state index contributed by atoms with van der Waals surface area (Å²) in [7, 11) is -3.93. The van der Waals surface area contributed by atoms with Crippen LogP contribution in [0.4, 0.5) is 10.5 Å². The SMILES string of the molecule is CCCCCCCCc1ccc(S(=O)(=O)NC(=O)Nc2ccc(Cl)cc2)cc1. The first kappa shape index (κ1) is 22.2. The third-order valence-electron chi connectivity index (χ3n) is 4.38. The number of hydrogen-bond acceptors (Lipinski definition) is 3. The lowest BCUT2D eigenvalue weighted by molar-refractivity contribution is 0.256. The second kappa shape index (κ2) is 11.1. The maximum absolute atomic E-state index is 12.4. The molecule has 0 saturated heterocycles. The summed E-state index contributed by atoms with van der Waals surface area (Å²) in [5.41, 5.74) is 1.55. The molecule has 152 valence electrons. The van der Waals surface area contributed by atoms with E-state index in [-0.39, 0.29) is 4.90 Å². The lowest BCUT2D eigenvalue weighted by Gasteiger charge is -2.09. The third-order valence-corrected chi connectivity index (χ3v) is 5.98. The van der Waals surface area contributed by atoms with E-state index in [4.69, 9.17) is 11.6 Å². The van der Waals surface area contributed by atoms with Crippen LogP contribution in [-0.2, 0) is 16.4 Å². The molecule has 0 aliphatic carbocycles. The summed E-state index contributed by atoms with van der Waals surface area (Å²) in [6.07, 6.45) is 8.25. The van der Waals surface area contributed by atoms with Gasteiger partial charge >= 0.3 is 6.03 Å². The lowest BCUT2D eigenvalue weighted by atomic mass is 10.1. The number of amides is 2. The molecule has 0 aliphatic rings. The molecule has 0 heterocycles. The van der Waals surface area contributed by atoms with Crippen molar-refractivity contribution in [3.63, 3.8) is 0 Å². The first-order valence-corrected chi connectivity index (χ1v) is 11.4. The highest BCUT2D eigenvalue weighted by molar-refractivity contribution is 7.90. The van der Waals surface area contributed by atoms with Gasteiger partial charge in [0.15, 0.2) is 0 Å². The van der Waals surface area contributed by atoms with E-state index in [1.54, 1.807) is 36.4 Å². The Morgan fingerprint density at radius 3 is 2.14 bits per heavy atom. The van der Waals surface area contributed by atoms with Gasteiger partial charge in [0.2, 0.25) is 0 Å². The lowest BCUT2D eigenvalue weighted by Crippen LogP contribution is -2.34. The molecule has 0 aromatic heterocycles. The maximum atomic E-state index is 12.4. The molecule has 2 aromatic carbocycles. The quantitative estimate of drug-likeness (QED) is 0.478. The summed E-state index contributed by atoms with van der Waals surface area (Å²) >= 11 is 5.78. The van der Waals surface area contributed by atoms with Crippen LogP contribution in [0, 0.1) is 0 Å². The predicted molar refractivity (Wildman–Crippen MR) is 114 cm³/mol. The Kier molecular flexibility index (Phi) is 8.80. The largest absolute Gasteiger partial charge is 0.333 e. The normalized spacial score (nSPS) is 11.2. The molecule has 2 amide bonds. The van der Waals surface area contributed by atoms with Gasteiger partial charge in [0, 0.05) is 10.7 Å². The van der Waals surface area contributed by atoms with E-state index in [0.717, 1.165) is 18.4 Å². The molecule has 2 N–H and O–H groups in total. The molecule has 0 aliphatic heterocycles. The molecule has 28 heavy (non-hydrogen) atoms. The highest BCUT2D eigenvalue weighted by atomic mass is 35.5. The molecule has 0 spiro atoms. The molecule has 7 heteroatoms. The molecular formula is C21H27ClN2O3S. The standard InChI is InChI=1S/C21H27ClN2O3S/c1-2-3-4-5-6-7-8-17-9-15-20(16-10-17)28(26,27)24-21(25)23-19-13-11-18(22)12-14-19/h9-16H,2-8H2,1H3,(H2,23,24,25). The van der Waals surface area contributed by atoms with Crippen molar-refractivity contribution in [3.8, 4) is 0 Å². The average Bonchev–Trinajstić information content (AvgIpc) is 2.66. The number of urea groups is 1. The summed E-state index contributed by atoms with van der Waals surface area (Å²) in [4.78, 5) is 12.0. The zero-order valence-corrected chi connectivity index (χ0v) is 17.7. The van der Waals surface area contributed by atoms with E-state index in [2.05, 4.69) is 12.2 Å². The Labute approximate surface area is 172 Å². The van der Waals surface area contributed by atoms with Gasteiger partial charge in [-0.1, -0.05) is 62.8 Å². The van der Waals surface area contributed by atoms with E-state index in [1.165, 1.54) is 44.2 Å². The maximum Gasteiger partial charge on any atom is 0.333 e. The molecule has 0 unspecified atom stereocenters.